The molecule has 1 aliphatic rings. The molecule has 0 saturated carbocycles. The van der Waals surface area contributed by atoms with Crippen LogP contribution in [0.2, 0.25) is 0 Å². The van der Waals surface area contributed by atoms with Crippen LogP contribution in [0.4, 0.5) is 0 Å². The molecule has 4 rings (SSSR count). The third-order valence-electron chi connectivity index (χ3n) is 6.19. The maximum absolute atomic E-state index is 13.2. The number of fused-ring (bicyclic) bond motifs is 1. The lowest BCUT2D eigenvalue weighted by molar-refractivity contribution is -0.143. The summed E-state index contributed by atoms with van der Waals surface area (Å²) in [5.74, 6) is -0.946. The molecule has 1 unspecified atom stereocenters. The molecule has 3 aromatic rings. The molecule has 1 amide bonds. The summed E-state index contributed by atoms with van der Waals surface area (Å²) < 4.78 is 36.5. The maximum Gasteiger partial charge on any atom is 0.326 e. The zero-order chi connectivity index (χ0) is 25.9. The lowest BCUT2D eigenvalue weighted by atomic mass is 10.0. The minimum Gasteiger partial charge on any atom is -0.465 e. The lowest BCUT2D eigenvalue weighted by Gasteiger charge is -2.34. The van der Waals surface area contributed by atoms with Gasteiger partial charge in [-0.3, -0.25) is 9.59 Å². The highest BCUT2D eigenvalue weighted by Gasteiger charge is 2.32. The van der Waals surface area contributed by atoms with Gasteiger partial charge in [0.2, 0.25) is 10.0 Å². The number of amides is 1. The number of esters is 1. The van der Waals surface area contributed by atoms with E-state index in [-0.39, 0.29) is 29.7 Å². The van der Waals surface area contributed by atoms with Gasteiger partial charge in [-0.25, -0.2) is 8.42 Å². The van der Waals surface area contributed by atoms with Crippen LogP contribution in [0, 0.1) is 0 Å². The fourth-order valence-corrected chi connectivity index (χ4v) is 7.72. The van der Waals surface area contributed by atoms with Crippen LogP contribution in [0.3, 0.4) is 0 Å². The average Bonchev–Trinajstić information content (AvgIpc) is 3.19. The van der Waals surface area contributed by atoms with Crippen LogP contribution in [-0.4, -0.2) is 48.4 Å². The number of sulfonamides is 1. The third kappa shape index (κ3) is 5.64. The number of nitrogens with zero attached hydrogens (tertiary/aromatic N) is 3. The van der Waals surface area contributed by atoms with Gasteiger partial charge in [-0.1, -0.05) is 40.6 Å². The van der Waals surface area contributed by atoms with Crippen molar-refractivity contribution in [1.82, 2.24) is 8.87 Å². The van der Waals surface area contributed by atoms with Gasteiger partial charge in [-0.15, -0.1) is 0 Å². The van der Waals surface area contributed by atoms with Crippen molar-refractivity contribution >= 4 is 59.4 Å². The molecule has 0 aliphatic carbocycles. The minimum atomic E-state index is -3.64. The summed E-state index contributed by atoms with van der Waals surface area (Å²) in [7, 11) is -3.64. The van der Waals surface area contributed by atoms with E-state index in [0.717, 1.165) is 40.4 Å². The highest BCUT2D eigenvalue weighted by atomic mass is 79.9. The van der Waals surface area contributed by atoms with Crippen LogP contribution in [0.15, 0.2) is 56.8 Å². The molecule has 0 radical (unpaired) electrons. The van der Waals surface area contributed by atoms with Crippen molar-refractivity contribution in [2.24, 2.45) is 4.99 Å². The number of carbonyl (C=O) groups is 2. The largest absolute Gasteiger partial charge is 0.465 e. The second-order valence-electron chi connectivity index (χ2n) is 8.50. The molecule has 192 valence electrons. The highest BCUT2D eigenvalue weighted by Crippen LogP contribution is 2.27. The molecule has 1 aliphatic heterocycles. The topological polar surface area (TPSA) is 98.0 Å². The molecule has 1 atom stereocenters. The summed E-state index contributed by atoms with van der Waals surface area (Å²) in [4.78, 5) is 30.0. The van der Waals surface area contributed by atoms with Gasteiger partial charge in [0, 0.05) is 22.6 Å². The zero-order valence-electron chi connectivity index (χ0n) is 20.1. The van der Waals surface area contributed by atoms with E-state index in [2.05, 4.69) is 20.9 Å². The first kappa shape index (κ1) is 26.7. The molecule has 36 heavy (non-hydrogen) atoms. The predicted molar refractivity (Wildman–Crippen MR) is 142 cm³/mol. The first-order valence-electron chi connectivity index (χ1n) is 11.9. The quantitative estimate of drug-likeness (QED) is 0.369. The molecule has 0 N–H and O–H groups in total. The summed E-state index contributed by atoms with van der Waals surface area (Å²) >= 11 is 4.73. The van der Waals surface area contributed by atoms with Crippen LogP contribution >= 0.6 is 27.3 Å². The maximum atomic E-state index is 13.2. The van der Waals surface area contributed by atoms with Gasteiger partial charge in [0.1, 0.15) is 6.54 Å². The van der Waals surface area contributed by atoms with E-state index in [1.165, 1.54) is 35.6 Å². The molecule has 1 fully saturated rings. The van der Waals surface area contributed by atoms with Gasteiger partial charge >= 0.3 is 5.97 Å². The smallest absolute Gasteiger partial charge is 0.326 e. The molecule has 1 aromatic heterocycles. The van der Waals surface area contributed by atoms with Crippen molar-refractivity contribution in [3.63, 3.8) is 0 Å². The SMILES string of the molecule is CCOC(=O)Cn1c(=NC(=O)c2ccc(S(=O)(=O)N3CCCCC3CC)cc2)sc2cc(Br)ccc21. The van der Waals surface area contributed by atoms with Crippen LogP contribution in [0.5, 0.6) is 0 Å². The molecule has 8 nitrogen and oxygen atoms in total. The Kier molecular flexibility index (Phi) is 8.44. The number of hydrogen-bond donors (Lipinski definition) is 0. The van der Waals surface area contributed by atoms with Crippen molar-refractivity contribution < 1.29 is 22.7 Å². The molecule has 11 heteroatoms. The number of halogens is 1. The normalized spacial score (nSPS) is 17.4. The molecule has 2 heterocycles. The van der Waals surface area contributed by atoms with Gasteiger partial charge in [-0.2, -0.15) is 9.30 Å². The van der Waals surface area contributed by atoms with E-state index >= 15 is 0 Å². The molecular weight excluding hydrogens is 566 g/mol. The van der Waals surface area contributed by atoms with E-state index in [0.29, 0.717) is 11.3 Å². The van der Waals surface area contributed by atoms with Crippen molar-refractivity contribution in [2.45, 2.75) is 57.0 Å². The molecule has 0 bridgehead atoms. The Labute approximate surface area is 222 Å². The van der Waals surface area contributed by atoms with E-state index in [1.807, 2.05) is 25.1 Å². The van der Waals surface area contributed by atoms with Gasteiger partial charge in [0.25, 0.3) is 5.91 Å². The van der Waals surface area contributed by atoms with Crippen molar-refractivity contribution in [2.75, 3.05) is 13.2 Å². The summed E-state index contributed by atoms with van der Waals surface area (Å²) in [6.07, 6.45) is 3.52. The summed E-state index contributed by atoms with van der Waals surface area (Å²) in [6, 6.07) is 11.5. The monoisotopic (exact) mass is 593 g/mol. The van der Waals surface area contributed by atoms with E-state index in [4.69, 9.17) is 4.74 Å². The Morgan fingerprint density at radius 1 is 1.14 bits per heavy atom. The molecular formula is C25H28BrN3O5S2. The number of rotatable bonds is 7. The standard InChI is InChI=1S/C25H28BrN3O5S2/c1-3-19-7-5-6-14-29(19)36(32,33)20-11-8-17(9-12-20)24(31)27-25-28(16-23(30)34-4-2)21-13-10-18(26)15-22(21)35-25/h8-13,15,19H,3-7,14,16H2,1-2H3. The summed E-state index contributed by atoms with van der Waals surface area (Å²) in [5.41, 5.74) is 1.03. The highest BCUT2D eigenvalue weighted by molar-refractivity contribution is 9.10. The number of hydrogen-bond acceptors (Lipinski definition) is 6. The minimum absolute atomic E-state index is 0.00269. The fourth-order valence-electron chi connectivity index (χ4n) is 4.38. The number of carbonyl (C=O) groups excluding carboxylic acids is 2. The predicted octanol–water partition coefficient (Wildman–Crippen LogP) is 4.72. The van der Waals surface area contributed by atoms with Gasteiger partial charge in [0.15, 0.2) is 4.80 Å². The summed E-state index contributed by atoms with van der Waals surface area (Å²) in [6.45, 7) is 4.43. The van der Waals surface area contributed by atoms with Crippen LogP contribution in [-0.2, 0) is 26.1 Å². The Balaban J connectivity index is 1.65. The fraction of sp³-hybridized carbons (Fsp3) is 0.400. The second-order valence-corrected chi connectivity index (χ2v) is 12.3. The molecule has 1 saturated heterocycles. The number of piperidine rings is 1. The zero-order valence-corrected chi connectivity index (χ0v) is 23.4. The Bertz CT molecular complexity index is 1440. The van der Waals surface area contributed by atoms with E-state index in [1.54, 1.807) is 15.8 Å². The van der Waals surface area contributed by atoms with Gasteiger partial charge in [0.05, 0.1) is 21.7 Å². The van der Waals surface area contributed by atoms with Gasteiger partial charge < -0.3 is 9.30 Å². The molecule has 2 aromatic carbocycles. The van der Waals surface area contributed by atoms with Crippen molar-refractivity contribution in [3.8, 4) is 0 Å². The van der Waals surface area contributed by atoms with Crippen LogP contribution < -0.4 is 4.80 Å². The molecule has 0 spiro atoms. The van der Waals surface area contributed by atoms with Crippen molar-refractivity contribution in [3.05, 3.63) is 57.3 Å². The van der Waals surface area contributed by atoms with E-state index < -0.39 is 21.9 Å². The summed E-state index contributed by atoms with van der Waals surface area (Å²) in [5, 5.41) is 0. The number of ether oxygens (including phenoxy) is 1. The van der Waals surface area contributed by atoms with Crippen LogP contribution in [0.25, 0.3) is 10.2 Å². The number of benzene rings is 2. The number of thiazole rings is 1. The first-order chi connectivity index (χ1) is 17.2. The average molecular weight is 595 g/mol. The Hall–Kier alpha value is -2.34. The van der Waals surface area contributed by atoms with E-state index in [9.17, 15) is 18.0 Å². The number of aromatic nitrogens is 1. The van der Waals surface area contributed by atoms with Gasteiger partial charge in [-0.05, 0) is 68.7 Å². The lowest BCUT2D eigenvalue weighted by Crippen LogP contribution is -2.43. The van der Waals surface area contributed by atoms with Crippen molar-refractivity contribution in [1.29, 1.82) is 0 Å². The third-order valence-corrected chi connectivity index (χ3v) is 9.69. The van der Waals surface area contributed by atoms with Crippen LogP contribution in [0.1, 0.15) is 49.9 Å². The second kappa shape index (κ2) is 11.4. The Morgan fingerprint density at radius 2 is 1.89 bits per heavy atom. The first-order valence-corrected chi connectivity index (χ1v) is 14.9. The Morgan fingerprint density at radius 3 is 2.58 bits per heavy atom.